The number of rotatable bonds is 5. The highest BCUT2D eigenvalue weighted by atomic mass is 16.5. The second-order valence-corrected chi connectivity index (χ2v) is 4.49. The molecule has 1 atom stereocenters. The zero-order chi connectivity index (χ0) is 11.5. The molecule has 0 aromatic carbocycles. The first-order chi connectivity index (χ1) is 7.00. The van der Waals surface area contributed by atoms with E-state index in [2.05, 4.69) is 4.90 Å². The molecule has 1 saturated heterocycles. The number of likely N-dealkylation sites (tertiary alicyclic amines) is 1. The van der Waals surface area contributed by atoms with Gasteiger partial charge in [0.2, 0.25) is 0 Å². The molecule has 0 radical (unpaired) electrons. The molecule has 4 heteroatoms. The van der Waals surface area contributed by atoms with E-state index in [1.165, 1.54) is 7.11 Å². The van der Waals surface area contributed by atoms with E-state index in [1.807, 2.05) is 20.8 Å². The maximum absolute atomic E-state index is 11.3. The molecule has 0 bridgehead atoms. The third-order valence-electron chi connectivity index (χ3n) is 2.72. The number of nitrogens with zero attached hydrogens (tertiary/aromatic N) is 1. The van der Waals surface area contributed by atoms with Gasteiger partial charge in [0, 0.05) is 19.7 Å². The fourth-order valence-corrected chi connectivity index (χ4v) is 1.96. The molecule has 0 amide bonds. The van der Waals surface area contributed by atoms with Gasteiger partial charge in [-0.15, -0.1) is 0 Å². The van der Waals surface area contributed by atoms with Crippen molar-refractivity contribution in [2.75, 3.05) is 26.8 Å². The topological polar surface area (TPSA) is 38.8 Å². The van der Waals surface area contributed by atoms with Crippen LogP contribution in [0.3, 0.4) is 0 Å². The summed E-state index contributed by atoms with van der Waals surface area (Å²) in [7, 11) is 1.44. The van der Waals surface area contributed by atoms with Crippen molar-refractivity contribution in [2.24, 2.45) is 0 Å². The van der Waals surface area contributed by atoms with Crippen molar-refractivity contribution in [1.29, 1.82) is 0 Å². The predicted molar refractivity (Wildman–Crippen MR) is 57.7 cm³/mol. The normalized spacial score (nSPS) is 22.3. The van der Waals surface area contributed by atoms with Crippen LogP contribution >= 0.6 is 0 Å². The van der Waals surface area contributed by atoms with Gasteiger partial charge in [-0.2, -0.15) is 0 Å². The summed E-state index contributed by atoms with van der Waals surface area (Å²) < 4.78 is 10.3. The van der Waals surface area contributed by atoms with Crippen LogP contribution in [-0.2, 0) is 14.3 Å². The van der Waals surface area contributed by atoms with E-state index >= 15 is 0 Å². The van der Waals surface area contributed by atoms with Gasteiger partial charge < -0.3 is 9.47 Å². The van der Waals surface area contributed by atoms with Gasteiger partial charge in [0.25, 0.3) is 0 Å². The van der Waals surface area contributed by atoms with E-state index < -0.39 is 0 Å². The zero-order valence-corrected chi connectivity index (χ0v) is 10.1. The number of carbonyl (C=O) groups is 1. The highest BCUT2D eigenvalue weighted by molar-refractivity contribution is 5.76. The fraction of sp³-hybridized carbons (Fsp3) is 0.909. The van der Waals surface area contributed by atoms with Gasteiger partial charge in [-0.05, 0) is 27.2 Å². The Morgan fingerprint density at radius 1 is 1.53 bits per heavy atom. The highest BCUT2D eigenvalue weighted by Gasteiger charge is 2.38. The number of hydrogen-bond donors (Lipinski definition) is 0. The Kier molecular flexibility index (Phi) is 4.11. The van der Waals surface area contributed by atoms with E-state index in [0.29, 0.717) is 6.61 Å². The number of ether oxygens (including phenoxy) is 2. The van der Waals surface area contributed by atoms with Crippen molar-refractivity contribution in [3.8, 4) is 0 Å². The van der Waals surface area contributed by atoms with Crippen LogP contribution in [0.4, 0.5) is 0 Å². The number of hydrogen-bond acceptors (Lipinski definition) is 4. The van der Waals surface area contributed by atoms with E-state index in [1.54, 1.807) is 0 Å². The molecule has 1 aliphatic rings. The first-order valence-electron chi connectivity index (χ1n) is 5.46. The van der Waals surface area contributed by atoms with Crippen molar-refractivity contribution in [3.63, 3.8) is 0 Å². The SMILES string of the molecule is CCOC(C)(C)CN1CCC1C(=O)OC. The van der Waals surface area contributed by atoms with Gasteiger partial charge in [-0.1, -0.05) is 0 Å². The Bertz CT molecular complexity index is 228. The summed E-state index contributed by atoms with van der Waals surface area (Å²) in [6, 6.07) is -0.0604. The maximum atomic E-state index is 11.3. The summed E-state index contributed by atoms with van der Waals surface area (Å²) in [6.45, 7) is 8.50. The minimum absolute atomic E-state index is 0.0604. The Morgan fingerprint density at radius 3 is 2.60 bits per heavy atom. The molecule has 0 spiro atoms. The quantitative estimate of drug-likeness (QED) is 0.643. The molecule has 1 rings (SSSR count). The van der Waals surface area contributed by atoms with Crippen LogP contribution in [0, 0.1) is 0 Å². The summed E-state index contributed by atoms with van der Waals surface area (Å²) in [5, 5.41) is 0. The molecule has 1 fully saturated rings. The molecule has 1 aliphatic heterocycles. The molecule has 1 unspecified atom stereocenters. The van der Waals surface area contributed by atoms with Gasteiger partial charge in [0.15, 0.2) is 0 Å². The van der Waals surface area contributed by atoms with Gasteiger partial charge in [-0.25, -0.2) is 0 Å². The Labute approximate surface area is 91.5 Å². The lowest BCUT2D eigenvalue weighted by Gasteiger charge is -2.43. The lowest BCUT2D eigenvalue weighted by molar-refractivity contribution is -0.155. The van der Waals surface area contributed by atoms with Gasteiger partial charge in [0.1, 0.15) is 6.04 Å². The van der Waals surface area contributed by atoms with Crippen molar-refractivity contribution in [1.82, 2.24) is 4.90 Å². The first kappa shape index (κ1) is 12.5. The van der Waals surface area contributed by atoms with Crippen LogP contribution in [0.5, 0.6) is 0 Å². The number of methoxy groups -OCH3 is 1. The number of esters is 1. The summed E-state index contributed by atoms with van der Waals surface area (Å²) in [6.07, 6.45) is 0.898. The standard InChI is InChI=1S/C11H21NO3/c1-5-15-11(2,3)8-12-7-6-9(12)10(13)14-4/h9H,5-8H2,1-4H3. The van der Waals surface area contributed by atoms with E-state index in [9.17, 15) is 4.79 Å². The van der Waals surface area contributed by atoms with Gasteiger partial charge >= 0.3 is 5.97 Å². The predicted octanol–water partition coefficient (Wildman–Crippen LogP) is 1.05. The highest BCUT2D eigenvalue weighted by Crippen LogP contribution is 2.22. The third-order valence-corrected chi connectivity index (χ3v) is 2.72. The smallest absolute Gasteiger partial charge is 0.323 e. The summed E-state index contributed by atoms with van der Waals surface area (Å²) in [5.41, 5.74) is -0.193. The molecule has 15 heavy (non-hydrogen) atoms. The summed E-state index contributed by atoms with van der Waals surface area (Å²) >= 11 is 0. The molecule has 1 heterocycles. The maximum Gasteiger partial charge on any atom is 0.323 e. The van der Waals surface area contributed by atoms with Crippen molar-refractivity contribution >= 4 is 5.97 Å². The molecular weight excluding hydrogens is 194 g/mol. The average Bonchev–Trinajstić information content (AvgIpc) is 2.12. The third kappa shape index (κ3) is 3.18. The van der Waals surface area contributed by atoms with Crippen molar-refractivity contribution in [3.05, 3.63) is 0 Å². The Morgan fingerprint density at radius 2 is 2.20 bits per heavy atom. The Balaban J connectivity index is 2.42. The van der Waals surface area contributed by atoms with Crippen LogP contribution in [0.15, 0.2) is 0 Å². The van der Waals surface area contributed by atoms with E-state index in [4.69, 9.17) is 9.47 Å². The minimum atomic E-state index is -0.193. The van der Waals surface area contributed by atoms with Crippen LogP contribution in [0.1, 0.15) is 27.2 Å². The van der Waals surface area contributed by atoms with Crippen molar-refractivity contribution < 1.29 is 14.3 Å². The second kappa shape index (κ2) is 4.94. The Hall–Kier alpha value is -0.610. The van der Waals surface area contributed by atoms with Gasteiger partial charge in [-0.3, -0.25) is 9.69 Å². The molecule has 4 nitrogen and oxygen atoms in total. The van der Waals surface area contributed by atoms with Crippen LogP contribution in [0.25, 0.3) is 0 Å². The summed E-state index contributed by atoms with van der Waals surface area (Å²) in [5.74, 6) is -0.131. The first-order valence-corrected chi connectivity index (χ1v) is 5.46. The molecule has 0 N–H and O–H groups in total. The molecule has 0 saturated carbocycles. The second-order valence-electron chi connectivity index (χ2n) is 4.49. The minimum Gasteiger partial charge on any atom is -0.468 e. The fourth-order valence-electron chi connectivity index (χ4n) is 1.96. The molecule has 88 valence electrons. The van der Waals surface area contributed by atoms with E-state index in [0.717, 1.165) is 19.5 Å². The monoisotopic (exact) mass is 215 g/mol. The van der Waals surface area contributed by atoms with Crippen LogP contribution < -0.4 is 0 Å². The van der Waals surface area contributed by atoms with Crippen LogP contribution in [0.2, 0.25) is 0 Å². The number of carbonyl (C=O) groups excluding carboxylic acids is 1. The molecule has 0 aromatic rings. The molecule has 0 aromatic heterocycles. The van der Waals surface area contributed by atoms with Crippen LogP contribution in [-0.4, -0.2) is 49.3 Å². The van der Waals surface area contributed by atoms with Crippen molar-refractivity contribution in [2.45, 2.75) is 38.8 Å². The molecule has 0 aliphatic carbocycles. The largest absolute Gasteiger partial charge is 0.468 e. The average molecular weight is 215 g/mol. The molecular formula is C11H21NO3. The zero-order valence-electron chi connectivity index (χ0n) is 10.1. The van der Waals surface area contributed by atoms with Gasteiger partial charge in [0.05, 0.1) is 12.7 Å². The lowest BCUT2D eigenvalue weighted by atomic mass is 9.99. The lowest BCUT2D eigenvalue weighted by Crippen LogP contribution is -2.57. The summed E-state index contributed by atoms with van der Waals surface area (Å²) in [4.78, 5) is 13.5. The van der Waals surface area contributed by atoms with E-state index in [-0.39, 0.29) is 17.6 Å².